The van der Waals surface area contributed by atoms with Gasteiger partial charge in [-0.25, -0.2) is 9.18 Å². The molecule has 2 aliphatic heterocycles. The topological polar surface area (TPSA) is 81.8 Å². The summed E-state index contributed by atoms with van der Waals surface area (Å²) in [6, 6.07) is 11.7. The van der Waals surface area contributed by atoms with Crippen LogP contribution in [-0.2, 0) is 9.59 Å². The molecule has 0 aromatic heterocycles. The molecular formula is C27H31FN4O3. The van der Waals surface area contributed by atoms with Gasteiger partial charge in [-0.15, -0.1) is 0 Å². The molecule has 8 heteroatoms. The molecule has 0 radical (unpaired) electrons. The Hall–Kier alpha value is -3.68. The fourth-order valence-electron chi connectivity index (χ4n) is 4.69. The zero-order chi connectivity index (χ0) is 25.3. The Morgan fingerprint density at radius 1 is 1.11 bits per heavy atom. The average molecular weight is 479 g/mol. The molecule has 2 aromatic rings. The predicted octanol–water partition coefficient (Wildman–Crippen LogP) is 4.37. The fourth-order valence-corrected chi connectivity index (χ4v) is 4.69. The maximum absolute atomic E-state index is 13.8. The van der Waals surface area contributed by atoms with Crippen molar-refractivity contribution in [1.29, 1.82) is 0 Å². The van der Waals surface area contributed by atoms with Gasteiger partial charge in [0.2, 0.25) is 5.91 Å². The molecule has 0 fully saturated rings. The van der Waals surface area contributed by atoms with Gasteiger partial charge in [-0.05, 0) is 56.0 Å². The first-order chi connectivity index (χ1) is 16.7. The van der Waals surface area contributed by atoms with Crippen LogP contribution >= 0.6 is 0 Å². The molecule has 2 aromatic carbocycles. The van der Waals surface area contributed by atoms with Crippen molar-refractivity contribution >= 4 is 23.5 Å². The van der Waals surface area contributed by atoms with E-state index in [-0.39, 0.29) is 30.3 Å². The minimum Gasteiger partial charge on any atom is -0.326 e. The molecular weight excluding hydrogens is 447 g/mol. The van der Waals surface area contributed by atoms with Gasteiger partial charge in [0, 0.05) is 12.2 Å². The van der Waals surface area contributed by atoms with Gasteiger partial charge < -0.3 is 15.5 Å². The van der Waals surface area contributed by atoms with Crippen molar-refractivity contribution in [2.24, 2.45) is 5.92 Å². The fraction of sp³-hybridized carbons (Fsp3) is 0.370. The number of nitrogens with zero attached hydrogens (tertiary/aromatic N) is 2. The van der Waals surface area contributed by atoms with Crippen molar-refractivity contribution in [2.75, 3.05) is 18.4 Å². The summed E-state index contributed by atoms with van der Waals surface area (Å²) in [7, 11) is 0. The van der Waals surface area contributed by atoms with Crippen molar-refractivity contribution in [3.63, 3.8) is 0 Å². The van der Waals surface area contributed by atoms with Crippen LogP contribution in [0.4, 0.5) is 14.9 Å². The summed E-state index contributed by atoms with van der Waals surface area (Å²) in [5, 5.41) is 5.80. The lowest BCUT2D eigenvalue weighted by atomic mass is 9.94. The maximum atomic E-state index is 13.8. The molecule has 2 heterocycles. The number of benzene rings is 2. The van der Waals surface area contributed by atoms with Gasteiger partial charge in [-0.1, -0.05) is 43.7 Å². The first-order valence-electron chi connectivity index (χ1n) is 11.9. The largest absolute Gasteiger partial charge is 0.326 e. The van der Waals surface area contributed by atoms with Gasteiger partial charge >= 0.3 is 6.03 Å². The maximum Gasteiger partial charge on any atom is 0.322 e. The molecule has 0 spiro atoms. The van der Waals surface area contributed by atoms with Crippen LogP contribution < -0.4 is 10.6 Å². The van der Waals surface area contributed by atoms with Crippen molar-refractivity contribution in [3.05, 3.63) is 76.7 Å². The predicted molar refractivity (Wildman–Crippen MR) is 132 cm³/mol. The average Bonchev–Trinajstić information content (AvgIpc) is 3.15. The molecule has 2 unspecified atom stereocenters. The van der Waals surface area contributed by atoms with E-state index in [1.54, 1.807) is 9.80 Å². The summed E-state index contributed by atoms with van der Waals surface area (Å²) < 4.78 is 13.3. The second-order valence-corrected chi connectivity index (χ2v) is 9.47. The second kappa shape index (κ2) is 9.90. The van der Waals surface area contributed by atoms with E-state index < -0.39 is 17.9 Å². The van der Waals surface area contributed by atoms with Crippen LogP contribution in [0, 0.1) is 18.7 Å². The molecule has 35 heavy (non-hydrogen) atoms. The van der Waals surface area contributed by atoms with E-state index in [1.165, 1.54) is 24.3 Å². The standard InChI is InChI=1S/C27H31FN4O3/c1-5-31-22-15-32(21(14-16(2)3)25(33)29-20-12-10-19(28)11-13-20)26(34)23(22)24(30-27(31)35)18-8-6-17(4)7-9-18/h6-13,16,21,24H,5,14-15H2,1-4H3,(H,29,33)(H,30,35). The number of amides is 4. The number of aryl methyl sites for hydroxylation is 1. The molecule has 2 N–H and O–H groups in total. The first-order valence-corrected chi connectivity index (χ1v) is 11.9. The number of hydrogen-bond donors (Lipinski definition) is 2. The van der Waals surface area contributed by atoms with Crippen molar-refractivity contribution in [3.8, 4) is 0 Å². The minimum atomic E-state index is -0.745. The normalized spacial score (nSPS) is 18.6. The number of nitrogens with one attached hydrogen (secondary N) is 2. The number of hydrogen-bond acceptors (Lipinski definition) is 3. The molecule has 184 valence electrons. The Bertz CT molecular complexity index is 1160. The molecule has 2 aliphatic rings. The molecule has 0 saturated carbocycles. The Morgan fingerprint density at radius 2 is 1.77 bits per heavy atom. The molecule has 0 aliphatic carbocycles. The Labute approximate surface area is 205 Å². The number of halogens is 1. The molecule has 7 nitrogen and oxygen atoms in total. The number of carbonyl (C=O) groups is 3. The monoisotopic (exact) mass is 478 g/mol. The molecule has 0 bridgehead atoms. The summed E-state index contributed by atoms with van der Waals surface area (Å²) in [6.45, 7) is 8.39. The molecule has 2 atom stereocenters. The lowest BCUT2D eigenvalue weighted by Crippen LogP contribution is -2.47. The Kier molecular flexibility index (Phi) is 6.91. The summed E-state index contributed by atoms with van der Waals surface area (Å²) in [4.78, 5) is 43.3. The Balaban J connectivity index is 1.67. The van der Waals surface area contributed by atoms with Gasteiger partial charge in [-0.3, -0.25) is 14.5 Å². The number of rotatable bonds is 7. The third kappa shape index (κ3) is 4.92. The lowest BCUT2D eigenvalue weighted by molar-refractivity contribution is -0.134. The summed E-state index contributed by atoms with van der Waals surface area (Å²) in [5.74, 6) is -0.858. The number of carbonyl (C=O) groups excluding carboxylic acids is 3. The van der Waals surface area contributed by atoms with E-state index in [2.05, 4.69) is 10.6 Å². The van der Waals surface area contributed by atoms with Crippen LogP contribution in [0.3, 0.4) is 0 Å². The first kappa shape index (κ1) is 24.4. The second-order valence-electron chi connectivity index (χ2n) is 9.47. The zero-order valence-electron chi connectivity index (χ0n) is 20.5. The van der Waals surface area contributed by atoms with E-state index in [0.29, 0.717) is 29.9 Å². The lowest BCUT2D eigenvalue weighted by Gasteiger charge is -2.33. The zero-order valence-corrected chi connectivity index (χ0v) is 20.5. The van der Waals surface area contributed by atoms with Gasteiger partial charge in [-0.2, -0.15) is 0 Å². The van der Waals surface area contributed by atoms with Crippen LogP contribution in [0.1, 0.15) is 44.4 Å². The van der Waals surface area contributed by atoms with Gasteiger partial charge in [0.25, 0.3) is 5.91 Å². The van der Waals surface area contributed by atoms with Crippen molar-refractivity contribution in [1.82, 2.24) is 15.1 Å². The third-order valence-electron chi connectivity index (χ3n) is 6.46. The minimum absolute atomic E-state index is 0.138. The number of likely N-dealkylation sites (N-methyl/N-ethyl adjacent to an activating group) is 1. The van der Waals surface area contributed by atoms with Crippen LogP contribution in [0.15, 0.2) is 59.8 Å². The van der Waals surface area contributed by atoms with E-state index in [9.17, 15) is 18.8 Å². The molecule has 4 amide bonds. The van der Waals surface area contributed by atoms with Gasteiger partial charge in [0.15, 0.2) is 0 Å². The summed E-state index contributed by atoms with van der Waals surface area (Å²) in [6.07, 6.45) is 0.446. The SMILES string of the molecule is CCN1C(=O)NC(c2ccc(C)cc2)C2=C1CN(C(CC(C)C)C(=O)Nc1ccc(F)cc1)C2=O. The smallest absolute Gasteiger partial charge is 0.322 e. The van der Waals surface area contributed by atoms with Gasteiger partial charge in [0.1, 0.15) is 11.9 Å². The van der Waals surface area contributed by atoms with E-state index in [0.717, 1.165) is 11.1 Å². The van der Waals surface area contributed by atoms with Crippen LogP contribution in [-0.4, -0.2) is 46.8 Å². The molecule has 0 saturated heterocycles. The van der Waals surface area contributed by atoms with Crippen LogP contribution in [0.5, 0.6) is 0 Å². The highest BCUT2D eigenvalue weighted by molar-refractivity contribution is 6.05. The number of urea groups is 1. The van der Waals surface area contributed by atoms with Crippen molar-refractivity contribution < 1.29 is 18.8 Å². The molecule has 4 rings (SSSR count). The quantitative estimate of drug-likeness (QED) is 0.620. The Morgan fingerprint density at radius 3 is 2.37 bits per heavy atom. The van der Waals surface area contributed by atoms with E-state index in [4.69, 9.17) is 0 Å². The van der Waals surface area contributed by atoms with E-state index >= 15 is 0 Å². The summed E-state index contributed by atoms with van der Waals surface area (Å²) in [5.41, 5.74) is 3.49. The summed E-state index contributed by atoms with van der Waals surface area (Å²) >= 11 is 0. The van der Waals surface area contributed by atoms with Crippen LogP contribution in [0.25, 0.3) is 0 Å². The van der Waals surface area contributed by atoms with Crippen molar-refractivity contribution in [2.45, 2.75) is 46.2 Å². The van der Waals surface area contributed by atoms with E-state index in [1.807, 2.05) is 52.0 Å². The van der Waals surface area contributed by atoms with Gasteiger partial charge in [0.05, 0.1) is 23.9 Å². The highest BCUT2D eigenvalue weighted by Gasteiger charge is 2.46. The van der Waals surface area contributed by atoms with Crippen LogP contribution in [0.2, 0.25) is 0 Å². The third-order valence-corrected chi connectivity index (χ3v) is 6.46. The highest BCUT2D eigenvalue weighted by atomic mass is 19.1. The highest BCUT2D eigenvalue weighted by Crippen LogP contribution is 2.37. The number of anilines is 1.